The fourth-order valence-electron chi connectivity index (χ4n) is 2.19. The fraction of sp³-hybridized carbons (Fsp3) is 0.312. The van der Waals surface area contributed by atoms with E-state index in [1.807, 2.05) is 0 Å². The number of hydrazine groups is 1. The number of hydrogen-bond acceptors (Lipinski definition) is 6. The molecule has 1 amide bonds. The van der Waals surface area contributed by atoms with Crippen molar-refractivity contribution in [1.29, 1.82) is 0 Å². The Kier molecular flexibility index (Phi) is 6.05. The van der Waals surface area contributed by atoms with E-state index in [1.165, 1.54) is 13.3 Å². The summed E-state index contributed by atoms with van der Waals surface area (Å²) >= 11 is 0. The molecule has 8 nitrogen and oxygen atoms in total. The molecule has 0 fully saturated rings. The van der Waals surface area contributed by atoms with Crippen LogP contribution in [-0.4, -0.2) is 51.2 Å². The molecule has 0 unspecified atom stereocenters. The molecular formula is C16H19N3O5S. The summed E-state index contributed by atoms with van der Waals surface area (Å²) in [6, 6.07) is 6.33. The van der Waals surface area contributed by atoms with Gasteiger partial charge in [0.1, 0.15) is 12.3 Å². The van der Waals surface area contributed by atoms with E-state index in [0.29, 0.717) is 29.7 Å². The molecule has 1 aromatic carbocycles. The molecule has 0 atom stereocenters. The highest BCUT2D eigenvalue weighted by atomic mass is 32.2. The molecule has 0 aliphatic carbocycles. The summed E-state index contributed by atoms with van der Waals surface area (Å²) in [5.74, 6) is -0.417. The van der Waals surface area contributed by atoms with Crippen molar-refractivity contribution in [2.24, 2.45) is 4.99 Å². The van der Waals surface area contributed by atoms with Crippen LogP contribution in [0.15, 0.2) is 41.0 Å². The molecule has 0 saturated heterocycles. The number of rotatable bonds is 7. The second-order valence-electron chi connectivity index (χ2n) is 5.43. The number of sulfonamides is 1. The summed E-state index contributed by atoms with van der Waals surface area (Å²) in [6.45, 7) is -0.431. The highest BCUT2D eigenvalue weighted by Crippen LogP contribution is 2.15. The highest BCUT2D eigenvalue weighted by molar-refractivity contribution is 7.88. The second-order valence-corrected chi connectivity index (χ2v) is 7.16. The second kappa shape index (κ2) is 8.04. The lowest BCUT2D eigenvalue weighted by Crippen LogP contribution is -2.48. The van der Waals surface area contributed by atoms with Crippen molar-refractivity contribution >= 4 is 27.9 Å². The summed E-state index contributed by atoms with van der Waals surface area (Å²) in [6.07, 6.45) is 4.96. The lowest BCUT2D eigenvalue weighted by atomic mass is 10.1. The number of aliphatic imine (C=N–C) groups is 1. The molecule has 9 heteroatoms. The highest BCUT2D eigenvalue weighted by Gasteiger charge is 2.24. The van der Waals surface area contributed by atoms with Crippen LogP contribution in [0.25, 0.3) is 0 Å². The maximum atomic E-state index is 12.5. The standard InChI is InChI=1S/C16H19N3O5S/c1-24-14-7-5-12(6-8-14)15(20)11-19(18-25(2,22)23)16(21)13-4-3-9-17-10-13/h5-10,18H,3-4,11H2,1-2H3. The van der Waals surface area contributed by atoms with E-state index in [9.17, 15) is 18.0 Å². The first-order valence-electron chi connectivity index (χ1n) is 7.47. The zero-order chi connectivity index (χ0) is 18.4. The van der Waals surface area contributed by atoms with Crippen molar-refractivity contribution < 1.29 is 22.7 Å². The fourth-order valence-corrected chi connectivity index (χ4v) is 2.74. The lowest BCUT2D eigenvalue weighted by Gasteiger charge is -2.23. The molecule has 0 radical (unpaired) electrons. The quantitative estimate of drug-likeness (QED) is 0.571. The molecule has 0 saturated carbocycles. The van der Waals surface area contributed by atoms with E-state index in [4.69, 9.17) is 4.74 Å². The van der Waals surface area contributed by atoms with Gasteiger partial charge in [0.25, 0.3) is 5.91 Å². The number of carbonyl (C=O) groups excluding carboxylic acids is 2. The summed E-state index contributed by atoms with van der Waals surface area (Å²) in [4.78, 5) is 30.9. The molecule has 1 heterocycles. The van der Waals surface area contributed by atoms with Crippen molar-refractivity contribution in [3.05, 3.63) is 41.6 Å². The van der Waals surface area contributed by atoms with Gasteiger partial charge >= 0.3 is 0 Å². The molecular weight excluding hydrogens is 346 g/mol. The number of nitrogens with one attached hydrogen (secondary N) is 1. The van der Waals surface area contributed by atoms with Gasteiger partial charge in [0.05, 0.1) is 13.4 Å². The first kappa shape index (κ1) is 18.8. The van der Waals surface area contributed by atoms with Gasteiger partial charge in [-0.3, -0.25) is 19.6 Å². The molecule has 1 N–H and O–H groups in total. The molecule has 1 aliphatic heterocycles. The molecule has 0 aromatic heterocycles. The van der Waals surface area contributed by atoms with Crippen LogP contribution in [0.2, 0.25) is 0 Å². The topological polar surface area (TPSA) is 105 Å². The normalized spacial score (nSPS) is 13.9. The van der Waals surface area contributed by atoms with E-state index < -0.39 is 28.3 Å². The number of methoxy groups -OCH3 is 1. The van der Waals surface area contributed by atoms with Crippen molar-refractivity contribution in [1.82, 2.24) is 9.84 Å². The Bertz CT molecular complexity index is 813. The molecule has 0 spiro atoms. The van der Waals surface area contributed by atoms with Gasteiger partial charge in [0, 0.05) is 23.6 Å². The zero-order valence-electron chi connectivity index (χ0n) is 13.9. The van der Waals surface area contributed by atoms with Crippen LogP contribution in [0, 0.1) is 0 Å². The third-order valence-electron chi connectivity index (χ3n) is 3.39. The Morgan fingerprint density at radius 2 is 1.96 bits per heavy atom. The first-order valence-corrected chi connectivity index (χ1v) is 9.36. The van der Waals surface area contributed by atoms with E-state index in [2.05, 4.69) is 9.82 Å². The van der Waals surface area contributed by atoms with Crippen LogP contribution in [-0.2, 0) is 14.8 Å². The van der Waals surface area contributed by atoms with E-state index in [1.54, 1.807) is 30.5 Å². The summed E-state index contributed by atoms with van der Waals surface area (Å²) in [7, 11) is -2.22. The van der Waals surface area contributed by atoms with Gasteiger partial charge in [-0.25, -0.2) is 8.42 Å². The number of hydrogen-bond donors (Lipinski definition) is 1. The molecule has 1 aliphatic rings. The summed E-state index contributed by atoms with van der Waals surface area (Å²) < 4.78 is 28.1. The Labute approximate surface area is 146 Å². The van der Waals surface area contributed by atoms with E-state index in [-0.39, 0.29) is 0 Å². The number of carbonyl (C=O) groups is 2. The van der Waals surface area contributed by atoms with Crippen molar-refractivity contribution in [3.63, 3.8) is 0 Å². The van der Waals surface area contributed by atoms with Gasteiger partial charge in [-0.05, 0) is 37.1 Å². The third-order valence-corrected chi connectivity index (χ3v) is 3.94. The maximum absolute atomic E-state index is 12.5. The summed E-state index contributed by atoms with van der Waals surface area (Å²) in [5.41, 5.74) is 0.672. The van der Waals surface area contributed by atoms with Gasteiger partial charge in [0.15, 0.2) is 5.78 Å². The van der Waals surface area contributed by atoms with E-state index in [0.717, 1.165) is 11.3 Å². The Hall–Kier alpha value is -2.52. The average Bonchev–Trinajstić information content (AvgIpc) is 2.60. The minimum atomic E-state index is -3.73. The largest absolute Gasteiger partial charge is 0.497 e. The predicted molar refractivity (Wildman–Crippen MR) is 92.8 cm³/mol. The SMILES string of the molecule is COc1ccc(C(=O)CN(NS(C)(=O)=O)C(=O)C2=CN=CCC2)cc1. The summed E-state index contributed by atoms with van der Waals surface area (Å²) in [5, 5.41) is 0.800. The van der Waals surface area contributed by atoms with Crippen LogP contribution in [0.4, 0.5) is 0 Å². The van der Waals surface area contributed by atoms with Crippen LogP contribution in [0.5, 0.6) is 5.75 Å². The monoisotopic (exact) mass is 365 g/mol. The predicted octanol–water partition coefficient (Wildman–Crippen LogP) is 0.919. The minimum Gasteiger partial charge on any atom is -0.497 e. The Balaban J connectivity index is 2.19. The number of benzene rings is 1. The van der Waals surface area contributed by atoms with Crippen LogP contribution >= 0.6 is 0 Å². The molecule has 0 bridgehead atoms. The zero-order valence-corrected chi connectivity index (χ0v) is 14.7. The lowest BCUT2D eigenvalue weighted by molar-refractivity contribution is -0.128. The van der Waals surface area contributed by atoms with Crippen LogP contribution < -0.4 is 9.57 Å². The number of ether oxygens (including phenoxy) is 1. The first-order chi connectivity index (χ1) is 11.8. The van der Waals surface area contributed by atoms with Gasteiger partial charge in [-0.2, -0.15) is 0 Å². The average molecular weight is 365 g/mol. The number of ketones is 1. The van der Waals surface area contributed by atoms with Crippen molar-refractivity contribution in [3.8, 4) is 5.75 Å². The Morgan fingerprint density at radius 1 is 1.28 bits per heavy atom. The minimum absolute atomic E-state index is 0.334. The van der Waals surface area contributed by atoms with Crippen LogP contribution in [0.3, 0.4) is 0 Å². The van der Waals surface area contributed by atoms with Crippen LogP contribution in [0.1, 0.15) is 23.2 Å². The van der Waals surface area contributed by atoms with Crippen molar-refractivity contribution in [2.45, 2.75) is 12.8 Å². The van der Waals surface area contributed by atoms with E-state index >= 15 is 0 Å². The number of amides is 1. The number of nitrogens with zero attached hydrogens (tertiary/aromatic N) is 2. The maximum Gasteiger partial charge on any atom is 0.266 e. The molecule has 25 heavy (non-hydrogen) atoms. The molecule has 2 rings (SSSR count). The van der Waals surface area contributed by atoms with Crippen molar-refractivity contribution in [2.75, 3.05) is 19.9 Å². The molecule has 134 valence electrons. The third kappa shape index (κ3) is 5.50. The van der Waals surface area contributed by atoms with Gasteiger partial charge in [-0.15, -0.1) is 4.83 Å². The smallest absolute Gasteiger partial charge is 0.266 e. The van der Waals surface area contributed by atoms with Gasteiger partial charge in [0.2, 0.25) is 10.0 Å². The molecule has 1 aromatic rings. The van der Waals surface area contributed by atoms with Gasteiger partial charge < -0.3 is 4.74 Å². The number of Topliss-reactive ketones (excluding diaryl/α,β-unsaturated/α-hetero) is 1. The van der Waals surface area contributed by atoms with Gasteiger partial charge in [-0.1, -0.05) is 0 Å². The Morgan fingerprint density at radius 3 is 2.48 bits per heavy atom.